The van der Waals surface area contributed by atoms with E-state index in [1.54, 1.807) is 0 Å². The number of ether oxygens (including phenoxy) is 2. The van der Waals surface area contributed by atoms with Gasteiger partial charge >= 0.3 is 25.2 Å². The van der Waals surface area contributed by atoms with Gasteiger partial charge in [-0.2, -0.15) is 0 Å². The molecular weight excluding hydrogens is 367 g/mol. The minimum Gasteiger partial charge on any atom is -0.463 e. The van der Waals surface area contributed by atoms with Gasteiger partial charge in [0.1, 0.15) is 6.54 Å². The molecule has 0 saturated carbocycles. The molecule has 11 heteroatoms. The molecule has 0 spiro atoms. The molecule has 1 aromatic carbocycles. The number of aromatic nitrogens is 3. The fraction of sp³-hybridized carbons (Fsp3) is 0.438. The van der Waals surface area contributed by atoms with Crippen LogP contribution < -0.4 is 14.0 Å². The third-order valence-electron chi connectivity index (χ3n) is 3.09. The molecular formula is C16H23BF4N4O2. The highest BCUT2D eigenvalue weighted by atomic mass is 19.5. The van der Waals surface area contributed by atoms with Gasteiger partial charge in [-0.05, 0) is 13.8 Å². The Morgan fingerprint density at radius 3 is 1.70 bits per heavy atom. The number of nitrogens with zero attached hydrogens (tertiary/aromatic N) is 4. The molecule has 2 aromatic rings. The van der Waals surface area contributed by atoms with E-state index < -0.39 is 7.25 Å². The molecule has 0 aliphatic heterocycles. The van der Waals surface area contributed by atoms with Crippen molar-refractivity contribution in [1.82, 2.24) is 19.4 Å². The molecule has 0 unspecified atom stereocenters. The lowest BCUT2D eigenvalue weighted by molar-refractivity contribution is 0.268. The van der Waals surface area contributed by atoms with Crippen molar-refractivity contribution in [2.45, 2.75) is 20.4 Å². The topological polar surface area (TPSA) is 57.1 Å². The smallest absolute Gasteiger partial charge is 0.463 e. The minimum atomic E-state index is -6.00. The third kappa shape index (κ3) is 9.18. The van der Waals surface area contributed by atoms with E-state index in [2.05, 4.69) is 27.1 Å². The Morgan fingerprint density at radius 1 is 0.852 bits per heavy atom. The van der Waals surface area contributed by atoms with E-state index >= 15 is 0 Å². The van der Waals surface area contributed by atoms with Gasteiger partial charge in [0.2, 0.25) is 0 Å². The van der Waals surface area contributed by atoms with Crippen LogP contribution in [0.25, 0.3) is 0 Å². The summed E-state index contributed by atoms with van der Waals surface area (Å²) in [4.78, 5) is 13.0. The van der Waals surface area contributed by atoms with Crippen molar-refractivity contribution in [3.05, 3.63) is 35.9 Å². The first-order valence-corrected chi connectivity index (χ1v) is 8.31. The largest absolute Gasteiger partial charge is 0.673 e. The molecule has 2 rings (SSSR count). The van der Waals surface area contributed by atoms with Crippen LogP contribution in [0.15, 0.2) is 30.3 Å². The standard InChI is InChI=1S/C16H23N4O2.BF4/c1-5-21-15-17-14(18-16(19-15)22-6-2)20(3,4)12-13-10-8-7-9-11-13;2-1(3,4)5/h7-11H,5-6,12H2,1-4H3;/q+1;-1. The van der Waals surface area contributed by atoms with E-state index in [9.17, 15) is 17.3 Å². The van der Waals surface area contributed by atoms with Crippen molar-refractivity contribution in [2.75, 3.05) is 27.3 Å². The maximum Gasteiger partial charge on any atom is 0.673 e. The molecule has 0 amide bonds. The van der Waals surface area contributed by atoms with Gasteiger partial charge in [-0.1, -0.05) is 30.3 Å². The first kappa shape index (κ1) is 22.6. The molecule has 150 valence electrons. The molecule has 27 heavy (non-hydrogen) atoms. The number of rotatable bonds is 7. The molecule has 1 heterocycles. The van der Waals surface area contributed by atoms with E-state index in [1.807, 2.05) is 46.1 Å². The summed E-state index contributed by atoms with van der Waals surface area (Å²) >= 11 is 0. The van der Waals surface area contributed by atoms with E-state index in [0.717, 1.165) is 6.54 Å². The van der Waals surface area contributed by atoms with Crippen molar-refractivity contribution in [3.8, 4) is 12.0 Å². The van der Waals surface area contributed by atoms with Gasteiger partial charge in [0.25, 0.3) is 0 Å². The van der Waals surface area contributed by atoms with Crippen molar-refractivity contribution in [1.29, 1.82) is 0 Å². The summed E-state index contributed by atoms with van der Waals surface area (Å²) in [7, 11) is -1.90. The summed E-state index contributed by atoms with van der Waals surface area (Å²) in [5.74, 6) is 0.616. The SMILES string of the molecule is CCOc1nc(OCC)nc([N+](C)(C)Cc2ccccc2)n1.F[B-](F)(F)F. The first-order chi connectivity index (χ1) is 12.5. The lowest BCUT2D eigenvalue weighted by Crippen LogP contribution is -2.41. The maximum absolute atomic E-state index is 9.75. The summed E-state index contributed by atoms with van der Waals surface area (Å²) in [6.07, 6.45) is 0. The minimum absolute atomic E-state index is 0.301. The zero-order valence-corrected chi connectivity index (χ0v) is 15.7. The van der Waals surface area contributed by atoms with Crippen molar-refractivity contribution >= 4 is 13.2 Å². The highest BCUT2D eigenvalue weighted by Crippen LogP contribution is 2.22. The normalized spacial score (nSPS) is 11.4. The lowest BCUT2D eigenvalue weighted by atomic mass is 10.2. The second-order valence-electron chi connectivity index (χ2n) is 5.89. The predicted octanol–water partition coefficient (Wildman–Crippen LogP) is 3.74. The van der Waals surface area contributed by atoms with Crippen LogP contribution in [0, 0.1) is 0 Å². The van der Waals surface area contributed by atoms with Crippen LogP contribution in [0.5, 0.6) is 12.0 Å². The highest BCUT2D eigenvalue weighted by molar-refractivity contribution is 6.50. The van der Waals surface area contributed by atoms with Crippen molar-refractivity contribution in [3.63, 3.8) is 0 Å². The number of quaternary nitrogens is 1. The summed E-state index contributed by atoms with van der Waals surface area (Å²) in [5, 5.41) is 0. The van der Waals surface area contributed by atoms with Crippen LogP contribution in [-0.2, 0) is 6.54 Å². The molecule has 0 fully saturated rings. The molecule has 1 aromatic heterocycles. The molecule has 0 saturated heterocycles. The Kier molecular flexibility index (Phi) is 8.42. The van der Waals surface area contributed by atoms with E-state index in [0.29, 0.717) is 35.7 Å². The van der Waals surface area contributed by atoms with Gasteiger partial charge in [0, 0.05) is 5.56 Å². The van der Waals surface area contributed by atoms with Crippen LogP contribution in [0.4, 0.5) is 23.2 Å². The number of benzene rings is 1. The molecule has 0 atom stereocenters. The van der Waals surface area contributed by atoms with Gasteiger partial charge < -0.3 is 26.7 Å². The van der Waals surface area contributed by atoms with Crippen molar-refractivity contribution in [2.24, 2.45) is 0 Å². The van der Waals surface area contributed by atoms with Gasteiger partial charge in [-0.15, -0.1) is 15.0 Å². The molecule has 0 aliphatic rings. The second kappa shape index (κ2) is 10.1. The Hall–Kier alpha value is -2.43. The number of hydrogen-bond donors (Lipinski definition) is 0. The summed E-state index contributed by atoms with van der Waals surface area (Å²) in [6.45, 7) is 5.56. The molecule has 0 N–H and O–H groups in total. The number of hydrogen-bond acceptors (Lipinski definition) is 5. The first-order valence-electron chi connectivity index (χ1n) is 8.31. The van der Waals surface area contributed by atoms with Gasteiger partial charge in [-0.3, -0.25) is 4.48 Å². The monoisotopic (exact) mass is 390 g/mol. The zero-order valence-electron chi connectivity index (χ0n) is 15.7. The molecule has 0 aliphatic carbocycles. The Bertz CT molecular complexity index is 672. The summed E-state index contributed by atoms with van der Waals surface area (Å²) in [6, 6.07) is 10.8. The van der Waals surface area contributed by atoms with E-state index in [-0.39, 0.29) is 0 Å². The Morgan fingerprint density at radius 2 is 1.30 bits per heavy atom. The predicted molar refractivity (Wildman–Crippen MR) is 96.1 cm³/mol. The Labute approximate surface area is 155 Å². The quantitative estimate of drug-likeness (QED) is 0.410. The van der Waals surface area contributed by atoms with Crippen LogP contribution in [0.3, 0.4) is 0 Å². The average molecular weight is 390 g/mol. The summed E-state index contributed by atoms with van der Waals surface area (Å²) in [5.41, 5.74) is 1.21. The lowest BCUT2D eigenvalue weighted by Gasteiger charge is -2.26. The van der Waals surface area contributed by atoms with Crippen LogP contribution in [0.2, 0.25) is 0 Å². The third-order valence-corrected chi connectivity index (χ3v) is 3.09. The maximum atomic E-state index is 9.75. The average Bonchev–Trinajstić information content (AvgIpc) is 2.54. The van der Waals surface area contributed by atoms with E-state index in [1.165, 1.54) is 5.56 Å². The molecule has 6 nitrogen and oxygen atoms in total. The fourth-order valence-corrected chi connectivity index (χ4v) is 2.10. The fourth-order valence-electron chi connectivity index (χ4n) is 2.10. The molecule has 0 radical (unpaired) electrons. The second-order valence-corrected chi connectivity index (χ2v) is 5.89. The van der Waals surface area contributed by atoms with Crippen LogP contribution in [0.1, 0.15) is 19.4 Å². The highest BCUT2D eigenvalue weighted by Gasteiger charge is 2.26. The Balaban J connectivity index is 0.000000646. The van der Waals surface area contributed by atoms with Gasteiger partial charge in [0.05, 0.1) is 27.3 Å². The van der Waals surface area contributed by atoms with Gasteiger partial charge in [-0.25, -0.2) is 0 Å². The number of halogens is 4. The van der Waals surface area contributed by atoms with Gasteiger partial charge in [0.15, 0.2) is 0 Å². The zero-order chi connectivity index (χ0) is 20.5. The van der Waals surface area contributed by atoms with Crippen LogP contribution in [-0.4, -0.2) is 49.5 Å². The summed E-state index contributed by atoms with van der Waals surface area (Å²) < 4.78 is 50.3. The molecule has 0 bridgehead atoms. The van der Waals surface area contributed by atoms with E-state index in [4.69, 9.17) is 9.47 Å². The van der Waals surface area contributed by atoms with Crippen molar-refractivity contribution < 1.29 is 26.7 Å². The van der Waals surface area contributed by atoms with Crippen LogP contribution >= 0.6 is 0 Å².